The van der Waals surface area contributed by atoms with Gasteiger partial charge in [-0.2, -0.15) is 0 Å². The molecule has 1 aliphatic carbocycles. The summed E-state index contributed by atoms with van der Waals surface area (Å²) in [6.07, 6.45) is 6.94. The Bertz CT molecular complexity index is 936. The Morgan fingerprint density at radius 1 is 0.844 bits per heavy atom. The summed E-state index contributed by atoms with van der Waals surface area (Å²) in [5.74, 6) is 1.23. The molecule has 7 nitrogen and oxygen atoms in total. The highest BCUT2D eigenvalue weighted by Gasteiger charge is 2.21. The number of fused-ring (bicyclic) bond motifs is 2. The Labute approximate surface area is 188 Å². The highest BCUT2D eigenvalue weighted by atomic mass is 16.6. The maximum atomic E-state index is 10.9. The van der Waals surface area contributed by atoms with Crippen LogP contribution >= 0.6 is 0 Å². The van der Waals surface area contributed by atoms with Crippen molar-refractivity contribution in [3.63, 3.8) is 0 Å². The van der Waals surface area contributed by atoms with E-state index in [2.05, 4.69) is 18.7 Å². The highest BCUT2D eigenvalue weighted by Crippen LogP contribution is 2.43. The topological polar surface area (TPSA) is 83.5 Å². The Morgan fingerprint density at radius 2 is 1.38 bits per heavy atom. The number of benzene rings is 2. The van der Waals surface area contributed by atoms with Gasteiger partial charge in [0.1, 0.15) is 31.3 Å². The summed E-state index contributed by atoms with van der Waals surface area (Å²) < 4.78 is 27.9. The number of aliphatic hydroxyl groups is 1. The van der Waals surface area contributed by atoms with Gasteiger partial charge in [0.2, 0.25) is 0 Å². The van der Waals surface area contributed by atoms with Gasteiger partial charge in [0.15, 0.2) is 0 Å². The van der Waals surface area contributed by atoms with Crippen molar-refractivity contribution in [1.82, 2.24) is 0 Å². The fourth-order valence-corrected chi connectivity index (χ4v) is 3.57. The first-order valence-corrected chi connectivity index (χ1v) is 10.8. The van der Waals surface area contributed by atoms with Crippen molar-refractivity contribution in [1.29, 1.82) is 0 Å². The maximum absolute atomic E-state index is 10.9. The first-order valence-electron chi connectivity index (χ1n) is 10.8. The summed E-state index contributed by atoms with van der Waals surface area (Å²) in [7, 11) is 0. The number of carbonyl (C=O) groups is 1. The molecule has 3 rings (SSSR count). The summed E-state index contributed by atoms with van der Waals surface area (Å²) >= 11 is 0. The molecular formula is C25H30O7. The average Bonchev–Trinajstić information content (AvgIpc) is 2.83. The van der Waals surface area contributed by atoms with Crippen molar-refractivity contribution in [3.8, 4) is 11.5 Å². The number of ether oxygens (including phenoxy) is 5. The first kappa shape index (κ1) is 23.8. The molecule has 0 atom stereocenters. The van der Waals surface area contributed by atoms with Crippen LogP contribution in [0, 0.1) is 0 Å². The maximum Gasteiger partial charge on any atom is 0.330 e. The van der Waals surface area contributed by atoms with E-state index in [4.69, 9.17) is 23.7 Å². The van der Waals surface area contributed by atoms with Gasteiger partial charge in [-0.05, 0) is 12.8 Å². The number of hydrogen-bond donors (Lipinski definition) is 1. The predicted molar refractivity (Wildman–Crippen MR) is 121 cm³/mol. The quantitative estimate of drug-likeness (QED) is 0.208. The molecule has 0 aliphatic heterocycles. The second-order valence-electron chi connectivity index (χ2n) is 7.06. The molecule has 7 heteroatoms. The summed E-state index contributed by atoms with van der Waals surface area (Å²) in [5, 5.41) is 11.2. The van der Waals surface area contributed by atoms with Crippen LogP contribution in [0.2, 0.25) is 0 Å². The van der Waals surface area contributed by atoms with E-state index in [-0.39, 0.29) is 19.8 Å². The van der Waals surface area contributed by atoms with Gasteiger partial charge in [0, 0.05) is 28.0 Å². The van der Waals surface area contributed by atoms with Gasteiger partial charge in [-0.3, -0.25) is 0 Å². The van der Waals surface area contributed by atoms with Crippen molar-refractivity contribution >= 4 is 16.7 Å². The van der Waals surface area contributed by atoms with Gasteiger partial charge in [-0.15, -0.1) is 0 Å². The van der Waals surface area contributed by atoms with Crippen LogP contribution in [0.3, 0.4) is 0 Å². The molecule has 1 N–H and O–H groups in total. The predicted octanol–water partition coefficient (Wildman–Crippen LogP) is 3.01. The molecule has 0 aromatic heterocycles. The fourth-order valence-electron chi connectivity index (χ4n) is 3.57. The molecule has 0 amide bonds. The molecule has 0 saturated carbocycles. The third kappa shape index (κ3) is 6.32. The van der Waals surface area contributed by atoms with Gasteiger partial charge >= 0.3 is 5.97 Å². The van der Waals surface area contributed by atoms with E-state index in [9.17, 15) is 9.90 Å². The third-order valence-electron chi connectivity index (χ3n) is 4.96. The molecule has 0 unspecified atom stereocenters. The van der Waals surface area contributed by atoms with Gasteiger partial charge in [0.05, 0.1) is 33.0 Å². The van der Waals surface area contributed by atoms with Crippen LogP contribution in [-0.4, -0.2) is 63.9 Å². The lowest BCUT2D eigenvalue weighted by molar-refractivity contribution is -0.139. The monoisotopic (exact) mass is 442 g/mol. The van der Waals surface area contributed by atoms with E-state index < -0.39 is 5.97 Å². The van der Waals surface area contributed by atoms with E-state index in [0.717, 1.165) is 52.3 Å². The van der Waals surface area contributed by atoms with Crippen molar-refractivity contribution in [3.05, 3.63) is 60.2 Å². The van der Waals surface area contributed by atoms with Crippen LogP contribution in [0.4, 0.5) is 0 Å². The minimum atomic E-state index is -0.458. The third-order valence-corrected chi connectivity index (χ3v) is 4.96. The molecule has 2 aromatic carbocycles. The molecule has 0 saturated heterocycles. The second kappa shape index (κ2) is 12.9. The number of hydrogen-bond acceptors (Lipinski definition) is 7. The molecule has 0 spiro atoms. The zero-order valence-corrected chi connectivity index (χ0v) is 18.2. The van der Waals surface area contributed by atoms with Crippen molar-refractivity contribution in [2.45, 2.75) is 12.8 Å². The van der Waals surface area contributed by atoms with Crippen LogP contribution in [0.5, 0.6) is 11.5 Å². The molecular weight excluding hydrogens is 412 g/mol. The van der Waals surface area contributed by atoms with E-state index in [1.165, 1.54) is 0 Å². The smallest absolute Gasteiger partial charge is 0.330 e. The zero-order valence-electron chi connectivity index (χ0n) is 18.2. The molecule has 0 fully saturated rings. The normalized spacial score (nSPS) is 12.4. The minimum Gasteiger partial charge on any atom is -0.490 e. The lowest BCUT2D eigenvalue weighted by Gasteiger charge is -2.23. The van der Waals surface area contributed by atoms with Crippen molar-refractivity contribution in [2.75, 3.05) is 52.9 Å². The van der Waals surface area contributed by atoms with E-state index in [1.807, 2.05) is 24.3 Å². The molecule has 0 bridgehead atoms. The van der Waals surface area contributed by atoms with Gasteiger partial charge in [-0.1, -0.05) is 43.0 Å². The Hall–Kier alpha value is -2.87. The van der Waals surface area contributed by atoms with E-state index in [1.54, 1.807) is 0 Å². The standard InChI is InChI=1S/C25H30O7/c1-2-23(27)30-17-15-28-13-14-29-16-18-32-25-21-9-5-3-7-19(21)24(31-12-11-26)20-8-4-6-10-22(20)25/h2-7,9,26H,1,8,10-18H2. The lowest BCUT2D eigenvalue weighted by Crippen LogP contribution is -2.15. The van der Waals surface area contributed by atoms with E-state index >= 15 is 0 Å². The number of allylic oxidation sites excluding steroid dienone is 2. The molecule has 1 aliphatic rings. The van der Waals surface area contributed by atoms with E-state index in [0.29, 0.717) is 33.0 Å². The molecule has 32 heavy (non-hydrogen) atoms. The SMILES string of the molecule is C=CC(=O)OCCOCCOCCOc1c2c(c(OCCO)c3ccccc13)CC=CC2. The Kier molecular flexibility index (Phi) is 9.56. The number of rotatable bonds is 14. The van der Waals surface area contributed by atoms with Crippen LogP contribution in [-0.2, 0) is 31.8 Å². The molecule has 2 aromatic rings. The Morgan fingerprint density at radius 3 is 1.94 bits per heavy atom. The fraction of sp³-hybridized carbons (Fsp3) is 0.400. The Balaban J connectivity index is 1.54. The number of esters is 1. The summed E-state index contributed by atoms with van der Waals surface area (Å²) in [4.78, 5) is 10.9. The highest BCUT2D eigenvalue weighted by molar-refractivity contribution is 5.96. The molecule has 0 radical (unpaired) electrons. The van der Waals surface area contributed by atoms with Gasteiger partial charge in [0.25, 0.3) is 0 Å². The first-order chi connectivity index (χ1) is 15.8. The zero-order chi connectivity index (χ0) is 22.6. The second-order valence-corrected chi connectivity index (χ2v) is 7.06. The van der Waals surface area contributed by atoms with Crippen LogP contribution in [0.25, 0.3) is 10.8 Å². The van der Waals surface area contributed by atoms with Crippen LogP contribution in [0.1, 0.15) is 11.1 Å². The molecule has 172 valence electrons. The van der Waals surface area contributed by atoms with Crippen LogP contribution in [0.15, 0.2) is 49.1 Å². The van der Waals surface area contributed by atoms with Gasteiger partial charge < -0.3 is 28.8 Å². The molecule has 0 heterocycles. The summed E-state index contributed by atoms with van der Waals surface area (Å²) in [6.45, 7) is 5.74. The van der Waals surface area contributed by atoms with Crippen molar-refractivity contribution in [2.24, 2.45) is 0 Å². The lowest BCUT2D eigenvalue weighted by atomic mass is 9.90. The summed E-state index contributed by atoms with van der Waals surface area (Å²) in [5.41, 5.74) is 2.23. The van der Waals surface area contributed by atoms with Gasteiger partial charge in [-0.25, -0.2) is 4.79 Å². The van der Waals surface area contributed by atoms with Crippen LogP contribution < -0.4 is 9.47 Å². The largest absolute Gasteiger partial charge is 0.490 e. The van der Waals surface area contributed by atoms with Crippen molar-refractivity contribution < 1.29 is 33.6 Å². The average molecular weight is 443 g/mol. The number of carbonyl (C=O) groups excluding carboxylic acids is 1. The summed E-state index contributed by atoms with van der Waals surface area (Å²) in [6, 6.07) is 8.01. The number of aliphatic hydroxyl groups excluding tert-OH is 1. The minimum absolute atomic E-state index is 0.0295.